The molecule has 3 nitrogen and oxygen atoms in total. The number of rotatable bonds is 1. The van der Waals surface area contributed by atoms with Crippen molar-refractivity contribution in [3.8, 4) is 0 Å². The Morgan fingerprint density at radius 1 is 1.12 bits per heavy atom. The number of piperidine rings is 1. The summed E-state index contributed by atoms with van der Waals surface area (Å²) in [4.78, 5) is 18.5. The van der Waals surface area contributed by atoms with Crippen LogP contribution in [0.3, 0.4) is 0 Å². The second-order valence-electron chi connectivity index (χ2n) is 6.04. The van der Waals surface area contributed by atoms with E-state index < -0.39 is 0 Å². The second kappa shape index (κ2) is 3.83. The van der Waals surface area contributed by atoms with Crippen LogP contribution in [0.15, 0.2) is 24.4 Å². The summed E-state index contributed by atoms with van der Waals surface area (Å²) in [5, 5.41) is 0. The Kier molecular flexibility index (Phi) is 2.72. The summed E-state index contributed by atoms with van der Waals surface area (Å²) in [6, 6.07) is 5.92. The lowest BCUT2D eigenvalue weighted by atomic mass is 9.79. The van der Waals surface area contributed by atoms with Gasteiger partial charge in [-0.3, -0.25) is 4.79 Å². The van der Waals surface area contributed by atoms with Gasteiger partial charge in [0.2, 0.25) is 0 Å². The van der Waals surface area contributed by atoms with Crippen molar-refractivity contribution in [2.75, 3.05) is 4.90 Å². The van der Waals surface area contributed by atoms with Crippen molar-refractivity contribution in [1.82, 2.24) is 4.98 Å². The van der Waals surface area contributed by atoms with Gasteiger partial charge in [0.05, 0.1) is 0 Å². The molecule has 0 N–H and O–H groups in total. The highest BCUT2D eigenvalue weighted by Gasteiger charge is 2.45. The molecule has 0 aliphatic carbocycles. The van der Waals surface area contributed by atoms with Crippen LogP contribution in [0.1, 0.15) is 40.5 Å². The number of aromatic nitrogens is 1. The van der Waals surface area contributed by atoms with Crippen molar-refractivity contribution < 1.29 is 4.79 Å². The number of nitrogens with zero attached hydrogens (tertiary/aromatic N) is 2. The molecule has 0 bridgehead atoms. The van der Waals surface area contributed by atoms with Crippen LogP contribution in [0.2, 0.25) is 0 Å². The first kappa shape index (κ1) is 12.1. The van der Waals surface area contributed by atoms with E-state index in [1.165, 1.54) is 0 Å². The van der Waals surface area contributed by atoms with Crippen molar-refractivity contribution in [3.63, 3.8) is 0 Å². The summed E-state index contributed by atoms with van der Waals surface area (Å²) < 4.78 is 0. The van der Waals surface area contributed by atoms with E-state index in [0.29, 0.717) is 18.6 Å². The Hall–Kier alpha value is -1.38. The Balaban J connectivity index is 2.45. The summed E-state index contributed by atoms with van der Waals surface area (Å²) in [7, 11) is 0. The van der Waals surface area contributed by atoms with E-state index >= 15 is 0 Å². The summed E-state index contributed by atoms with van der Waals surface area (Å²) >= 11 is 0. The van der Waals surface area contributed by atoms with Crippen LogP contribution in [0.25, 0.3) is 0 Å². The fourth-order valence-electron chi connectivity index (χ4n) is 3.11. The average molecular weight is 232 g/mol. The zero-order valence-electron chi connectivity index (χ0n) is 11.0. The molecule has 1 fully saturated rings. The lowest BCUT2D eigenvalue weighted by molar-refractivity contribution is -0.123. The molecule has 17 heavy (non-hydrogen) atoms. The Labute approximate surface area is 103 Å². The molecule has 0 unspecified atom stereocenters. The monoisotopic (exact) mass is 232 g/mol. The van der Waals surface area contributed by atoms with Crippen molar-refractivity contribution in [1.29, 1.82) is 0 Å². The molecule has 1 saturated heterocycles. The fourth-order valence-corrected chi connectivity index (χ4v) is 3.11. The quantitative estimate of drug-likeness (QED) is 0.746. The number of carbonyl (C=O) groups is 1. The van der Waals surface area contributed by atoms with Crippen LogP contribution in [-0.2, 0) is 4.79 Å². The molecule has 1 aromatic heterocycles. The Morgan fingerprint density at radius 2 is 1.71 bits per heavy atom. The van der Waals surface area contributed by atoms with Gasteiger partial charge in [-0.05, 0) is 39.8 Å². The van der Waals surface area contributed by atoms with Crippen LogP contribution in [0.5, 0.6) is 0 Å². The van der Waals surface area contributed by atoms with Crippen LogP contribution in [0, 0.1) is 0 Å². The van der Waals surface area contributed by atoms with Crippen LogP contribution in [0.4, 0.5) is 5.82 Å². The minimum Gasteiger partial charge on any atom is -0.345 e. The van der Waals surface area contributed by atoms with Crippen LogP contribution in [-0.4, -0.2) is 21.8 Å². The average Bonchev–Trinajstić information content (AvgIpc) is 2.14. The zero-order chi connectivity index (χ0) is 12.7. The lowest BCUT2D eigenvalue weighted by Crippen LogP contribution is -2.61. The molecule has 0 amide bonds. The normalized spacial score (nSPS) is 22.6. The van der Waals surface area contributed by atoms with Crippen molar-refractivity contribution in [2.24, 2.45) is 0 Å². The van der Waals surface area contributed by atoms with Crippen molar-refractivity contribution >= 4 is 11.6 Å². The molecule has 1 aliphatic rings. The molecule has 0 spiro atoms. The molecule has 92 valence electrons. The summed E-state index contributed by atoms with van der Waals surface area (Å²) in [6.45, 7) is 8.45. The number of Topliss-reactive ketones (excluding diaryl/α,β-unsaturated/α-hetero) is 1. The first-order valence-electron chi connectivity index (χ1n) is 6.06. The van der Waals surface area contributed by atoms with E-state index in [1.807, 2.05) is 18.2 Å². The van der Waals surface area contributed by atoms with Crippen LogP contribution < -0.4 is 4.90 Å². The van der Waals surface area contributed by atoms with E-state index in [-0.39, 0.29) is 11.1 Å². The predicted octanol–water partition coefficient (Wildman–Crippen LogP) is 2.81. The van der Waals surface area contributed by atoms with Gasteiger partial charge < -0.3 is 4.90 Å². The maximum atomic E-state index is 11.8. The highest BCUT2D eigenvalue weighted by molar-refractivity contribution is 5.84. The van der Waals surface area contributed by atoms with Gasteiger partial charge in [0.15, 0.2) is 0 Å². The van der Waals surface area contributed by atoms with Crippen molar-refractivity contribution in [3.05, 3.63) is 24.4 Å². The third-order valence-corrected chi connectivity index (χ3v) is 3.35. The van der Waals surface area contributed by atoms with E-state index in [1.54, 1.807) is 6.20 Å². The van der Waals surface area contributed by atoms with E-state index in [4.69, 9.17) is 0 Å². The number of hydrogen-bond donors (Lipinski definition) is 0. The number of pyridine rings is 1. The van der Waals surface area contributed by atoms with Gasteiger partial charge in [-0.25, -0.2) is 4.98 Å². The van der Waals surface area contributed by atoms with Crippen molar-refractivity contribution in [2.45, 2.75) is 51.6 Å². The Bertz CT molecular complexity index is 403. The van der Waals surface area contributed by atoms with Gasteiger partial charge >= 0.3 is 0 Å². The SMILES string of the molecule is CC1(C)CC(=O)CC(C)(C)N1c1ccccn1. The molecule has 3 heteroatoms. The molecule has 2 rings (SSSR count). The predicted molar refractivity (Wildman–Crippen MR) is 69.1 cm³/mol. The number of anilines is 1. The van der Waals surface area contributed by atoms with Gasteiger partial charge in [0.1, 0.15) is 11.6 Å². The highest BCUT2D eigenvalue weighted by Crippen LogP contribution is 2.39. The summed E-state index contributed by atoms with van der Waals surface area (Å²) in [5.41, 5.74) is -0.347. The van der Waals surface area contributed by atoms with Gasteiger partial charge in [0, 0.05) is 30.1 Å². The number of hydrogen-bond acceptors (Lipinski definition) is 3. The Morgan fingerprint density at radius 3 is 2.18 bits per heavy atom. The summed E-state index contributed by atoms with van der Waals surface area (Å²) in [6.07, 6.45) is 2.98. The van der Waals surface area contributed by atoms with E-state index in [9.17, 15) is 4.79 Å². The molecule has 1 aliphatic heterocycles. The van der Waals surface area contributed by atoms with Gasteiger partial charge in [-0.2, -0.15) is 0 Å². The third kappa shape index (κ3) is 2.19. The summed E-state index contributed by atoms with van der Waals surface area (Å²) in [5.74, 6) is 1.29. The zero-order valence-corrected chi connectivity index (χ0v) is 11.0. The lowest BCUT2D eigenvalue weighted by Gasteiger charge is -2.52. The molecule has 2 heterocycles. The first-order chi connectivity index (χ1) is 7.83. The largest absolute Gasteiger partial charge is 0.345 e. The highest BCUT2D eigenvalue weighted by atomic mass is 16.1. The van der Waals surface area contributed by atoms with Gasteiger partial charge in [0.25, 0.3) is 0 Å². The maximum Gasteiger partial charge on any atom is 0.137 e. The molecule has 0 atom stereocenters. The van der Waals surface area contributed by atoms with E-state index in [2.05, 4.69) is 37.6 Å². The van der Waals surface area contributed by atoms with E-state index in [0.717, 1.165) is 5.82 Å². The molecule has 0 radical (unpaired) electrons. The topological polar surface area (TPSA) is 33.2 Å². The maximum absolute atomic E-state index is 11.8. The standard InChI is InChI=1S/C14H20N2O/c1-13(2)9-11(17)10-14(3,4)16(13)12-7-5-6-8-15-12/h5-8H,9-10H2,1-4H3. The molecule has 0 aromatic carbocycles. The number of carbonyl (C=O) groups excluding carboxylic acids is 1. The molecular formula is C14H20N2O. The molecule has 1 aromatic rings. The fraction of sp³-hybridized carbons (Fsp3) is 0.571. The molecular weight excluding hydrogens is 212 g/mol. The minimum atomic E-state index is -0.173. The third-order valence-electron chi connectivity index (χ3n) is 3.35. The first-order valence-corrected chi connectivity index (χ1v) is 6.06. The van der Waals surface area contributed by atoms with Gasteiger partial charge in [-0.1, -0.05) is 6.07 Å². The van der Waals surface area contributed by atoms with Crippen LogP contribution >= 0.6 is 0 Å². The second-order valence-corrected chi connectivity index (χ2v) is 6.04. The minimum absolute atomic E-state index is 0.173. The van der Waals surface area contributed by atoms with Gasteiger partial charge in [-0.15, -0.1) is 0 Å². The smallest absolute Gasteiger partial charge is 0.137 e. The molecule has 0 saturated carbocycles. The number of ketones is 1.